The quantitative estimate of drug-likeness (QED) is 0.0352. The average Bonchev–Trinajstić information content (AvgIpc) is 3.14. The third-order valence-corrected chi connectivity index (χ3v) is 10.8. The van der Waals surface area contributed by atoms with Crippen molar-refractivity contribution in [3.05, 3.63) is 0 Å². The smallest absolute Gasteiger partial charge is 0.306 e. The molecular weight excluding hydrogens is 661 g/mol. The second-order valence-corrected chi connectivity index (χ2v) is 16.8. The van der Waals surface area contributed by atoms with Gasteiger partial charge in [-0.1, -0.05) is 214 Å². The molecule has 0 bridgehead atoms. The third-order valence-electron chi connectivity index (χ3n) is 10.8. The Morgan fingerprint density at radius 1 is 0.396 bits per heavy atom. The fourth-order valence-electron chi connectivity index (χ4n) is 6.90. The number of unbranched alkanes of at least 4 members (excludes halogenated alkanes) is 25. The van der Waals surface area contributed by atoms with Gasteiger partial charge in [0, 0.05) is 19.3 Å². The largest absolute Gasteiger partial charge is 0.462 e. The van der Waals surface area contributed by atoms with Gasteiger partial charge in [0.25, 0.3) is 0 Å². The topological polar surface area (TPSA) is 78.9 Å². The molecule has 0 spiro atoms. The number of rotatable bonds is 41. The highest BCUT2D eigenvalue weighted by Gasteiger charge is 2.19. The molecule has 0 aromatic heterocycles. The van der Waals surface area contributed by atoms with E-state index in [9.17, 15) is 14.4 Å². The van der Waals surface area contributed by atoms with Gasteiger partial charge in [0.15, 0.2) is 6.10 Å². The lowest BCUT2D eigenvalue weighted by Crippen LogP contribution is -2.30. The first-order valence-electron chi connectivity index (χ1n) is 23.3. The second-order valence-electron chi connectivity index (χ2n) is 16.8. The van der Waals surface area contributed by atoms with Gasteiger partial charge in [-0.3, -0.25) is 14.4 Å². The highest BCUT2D eigenvalue weighted by molar-refractivity contribution is 5.71. The minimum Gasteiger partial charge on any atom is -0.462 e. The number of hydrogen-bond acceptors (Lipinski definition) is 6. The lowest BCUT2D eigenvalue weighted by atomic mass is 10.00. The van der Waals surface area contributed by atoms with E-state index in [-0.39, 0.29) is 31.1 Å². The number of ether oxygens (including phenoxy) is 3. The van der Waals surface area contributed by atoms with Crippen LogP contribution in [-0.4, -0.2) is 37.2 Å². The van der Waals surface area contributed by atoms with Gasteiger partial charge in [-0.2, -0.15) is 0 Å². The second kappa shape index (κ2) is 40.1. The molecule has 1 unspecified atom stereocenters. The van der Waals surface area contributed by atoms with Crippen LogP contribution in [0.4, 0.5) is 0 Å². The number of hydrogen-bond donors (Lipinski definition) is 0. The Morgan fingerprint density at radius 3 is 1.08 bits per heavy atom. The van der Waals surface area contributed by atoms with E-state index in [1.54, 1.807) is 0 Å². The summed E-state index contributed by atoms with van der Waals surface area (Å²) in [7, 11) is 0. The Bertz CT molecular complexity index is 811. The minimum atomic E-state index is -0.760. The molecule has 0 rings (SSSR count). The van der Waals surface area contributed by atoms with E-state index in [4.69, 9.17) is 14.2 Å². The molecule has 0 aromatic carbocycles. The Morgan fingerprint density at radius 2 is 0.717 bits per heavy atom. The van der Waals surface area contributed by atoms with E-state index in [0.29, 0.717) is 19.3 Å². The molecule has 0 saturated carbocycles. The first-order chi connectivity index (χ1) is 25.8. The molecule has 0 N–H and O–H groups in total. The Hall–Kier alpha value is -1.59. The van der Waals surface area contributed by atoms with E-state index in [1.165, 1.54) is 141 Å². The first kappa shape index (κ1) is 51.4. The van der Waals surface area contributed by atoms with Crippen molar-refractivity contribution in [2.24, 2.45) is 11.8 Å². The molecule has 0 amide bonds. The molecule has 0 aliphatic heterocycles. The SMILES string of the molecule is CCCCCCCCCC(=O)OC[C@@H](COC(=O)CCCCCCCCC(C)CC)OC(=O)CCCCCCCCCCCCCCCCCC(C)C. The van der Waals surface area contributed by atoms with Gasteiger partial charge in [0.2, 0.25) is 0 Å². The van der Waals surface area contributed by atoms with E-state index >= 15 is 0 Å². The summed E-state index contributed by atoms with van der Waals surface area (Å²) in [5, 5.41) is 0. The summed E-state index contributed by atoms with van der Waals surface area (Å²) in [6.07, 6.45) is 38.2. The van der Waals surface area contributed by atoms with Crippen LogP contribution >= 0.6 is 0 Å². The van der Waals surface area contributed by atoms with Crippen LogP contribution in [0.1, 0.15) is 253 Å². The van der Waals surface area contributed by atoms with Crippen molar-refractivity contribution in [1.29, 1.82) is 0 Å². The zero-order chi connectivity index (χ0) is 39.0. The van der Waals surface area contributed by atoms with Gasteiger partial charge < -0.3 is 14.2 Å². The van der Waals surface area contributed by atoms with E-state index in [1.807, 2.05) is 0 Å². The summed E-state index contributed by atoms with van der Waals surface area (Å²) in [5.74, 6) is 0.797. The van der Waals surface area contributed by atoms with Crippen LogP contribution in [0.5, 0.6) is 0 Å². The van der Waals surface area contributed by atoms with Crippen molar-refractivity contribution in [2.45, 2.75) is 259 Å². The molecular formula is C47H90O6. The van der Waals surface area contributed by atoms with E-state index in [2.05, 4.69) is 34.6 Å². The number of carbonyl (C=O) groups is 3. The van der Waals surface area contributed by atoms with Gasteiger partial charge in [0.1, 0.15) is 13.2 Å². The van der Waals surface area contributed by atoms with E-state index in [0.717, 1.165) is 69.6 Å². The summed E-state index contributed by atoms with van der Waals surface area (Å²) in [6, 6.07) is 0. The molecule has 0 heterocycles. The van der Waals surface area contributed by atoms with Gasteiger partial charge in [0.05, 0.1) is 0 Å². The first-order valence-corrected chi connectivity index (χ1v) is 23.3. The van der Waals surface area contributed by atoms with Crippen molar-refractivity contribution in [2.75, 3.05) is 13.2 Å². The van der Waals surface area contributed by atoms with Crippen molar-refractivity contribution < 1.29 is 28.6 Å². The third kappa shape index (κ3) is 39.9. The van der Waals surface area contributed by atoms with E-state index < -0.39 is 6.10 Å². The molecule has 6 heteroatoms. The minimum absolute atomic E-state index is 0.0660. The van der Waals surface area contributed by atoms with Crippen molar-refractivity contribution in [3.8, 4) is 0 Å². The van der Waals surface area contributed by atoms with Crippen LogP contribution < -0.4 is 0 Å². The predicted octanol–water partition coefficient (Wildman–Crippen LogP) is 14.6. The zero-order valence-electron chi connectivity index (χ0n) is 36.1. The fourth-order valence-corrected chi connectivity index (χ4v) is 6.90. The summed E-state index contributed by atoms with van der Waals surface area (Å²) in [5.41, 5.74) is 0. The highest BCUT2D eigenvalue weighted by Crippen LogP contribution is 2.17. The Balaban J connectivity index is 4.22. The maximum absolute atomic E-state index is 12.7. The van der Waals surface area contributed by atoms with Crippen LogP contribution in [0.2, 0.25) is 0 Å². The molecule has 53 heavy (non-hydrogen) atoms. The molecule has 0 aliphatic carbocycles. The summed E-state index contributed by atoms with van der Waals surface area (Å²) in [6.45, 7) is 11.3. The van der Waals surface area contributed by atoms with Crippen LogP contribution in [0.25, 0.3) is 0 Å². The lowest BCUT2D eigenvalue weighted by molar-refractivity contribution is -0.167. The Kier molecular flexibility index (Phi) is 38.9. The lowest BCUT2D eigenvalue weighted by Gasteiger charge is -2.18. The number of carbonyl (C=O) groups excluding carboxylic acids is 3. The fraction of sp³-hybridized carbons (Fsp3) is 0.936. The number of esters is 3. The van der Waals surface area contributed by atoms with Crippen molar-refractivity contribution in [3.63, 3.8) is 0 Å². The van der Waals surface area contributed by atoms with Crippen molar-refractivity contribution >= 4 is 17.9 Å². The molecule has 0 radical (unpaired) electrons. The van der Waals surface area contributed by atoms with Crippen LogP contribution in [-0.2, 0) is 28.6 Å². The average molecular weight is 751 g/mol. The standard InChI is InChI=1S/C47H90O6/c1-6-8-9-10-20-27-32-37-45(48)51-40-44(41-52-46(49)38-33-28-24-23-26-31-36-43(5)7-2)53-47(50)39-34-29-22-19-17-15-13-11-12-14-16-18-21-25-30-35-42(3)4/h42-44H,6-41H2,1-5H3/t43?,44-/m0/s1. The normalized spacial score (nSPS) is 12.6. The van der Waals surface area contributed by atoms with Gasteiger partial charge in [-0.25, -0.2) is 0 Å². The molecule has 314 valence electrons. The monoisotopic (exact) mass is 751 g/mol. The molecule has 0 aromatic rings. The van der Waals surface area contributed by atoms with Crippen LogP contribution in [0, 0.1) is 11.8 Å². The molecule has 2 atom stereocenters. The van der Waals surface area contributed by atoms with Gasteiger partial charge in [-0.15, -0.1) is 0 Å². The summed E-state index contributed by atoms with van der Waals surface area (Å²) < 4.78 is 16.7. The molecule has 0 fully saturated rings. The van der Waals surface area contributed by atoms with Gasteiger partial charge >= 0.3 is 17.9 Å². The maximum Gasteiger partial charge on any atom is 0.306 e. The molecule has 6 nitrogen and oxygen atoms in total. The molecule has 0 saturated heterocycles. The zero-order valence-corrected chi connectivity index (χ0v) is 36.1. The molecule has 0 aliphatic rings. The predicted molar refractivity (Wildman–Crippen MR) is 224 cm³/mol. The van der Waals surface area contributed by atoms with Crippen molar-refractivity contribution in [1.82, 2.24) is 0 Å². The summed E-state index contributed by atoms with van der Waals surface area (Å²) >= 11 is 0. The van der Waals surface area contributed by atoms with Crippen LogP contribution in [0.3, 0.4) is 0 Å². The highest BCUT2D eigenvalue weighted by atomic mass is 16.6. The van der Waals surface area contributed by atoms with Crippen LogP contribution in [0.15, 0.2) is 0 Å². The Labute approximate surface area is 329 Å². The maximum atomic E-state index is 12.7. The summed E-state index contributed by atoms with van der Waals surface area (Å²) in [4.78, 5) is 37.6. The van der Waals surface area contributed by atoms with Gasteiger partial charge in [-0.05, 0) is 31.1 Å².